The van der Waals surface area contributed by atoms with Gasteiger partial charge >= 0.3 is 0 Å². The molecule has 0 fully saturated rings. The molecule has 0 aliphatic carbocycles. The Bertz CT molecular complexity index is 538. The Morgan fingerprint density at radius 2 is 2.00 bits per heavy atom. The number of hydrogen-bond acceptors (Lipinski definition) is 2. The number of thiophene rings is 1. The van der Waals surface area contributed by atoms with Crippen LogP contribution < -0.4 is 5.73 Å². The first-order valence-electron chi connectivity index (χ1n) is 5.88. The highest BCUT2D eigenvalue weighted by molar-refractivity contribution is 7.11. The Morgan fingerprint density at radius 1 is 1.28 bits per heavy atom. The SMILES string of the molecule is CCc1ccc(CC(N)c2ccc(F)cc2Cl)s1. The van der Waals surface area contributed by atoms with Crippen molar-refractivity contribution in [1.82, 2.24) is 0 Å². The lowest BCUT2D eigenvalue weighted by Crippen LogP contribution is -2.13. The second-order valence-electron chi connectivity index (χ2n) is 4.20. The first kappa shape index (κ1) is 13.5. The van der Waals surface area contributed by atoms with E-state index in [1.165, 1.54) is 21.9 Å². The van der Waals surface area contributed by atoms with E-state index in [4.69, 9.17) is 17.3 Å². The Morgan fingerprint density at radius 3 is 2.61 bits per heavy atom. The van der Waals surface area contributed by atoms with Crippen LogP contribution in [0.5, 0.6) is 0 Å². The first-order valence-corrected chi connectivity index (χ1v) is 7.07. The van der Waals surface area contributed by atoms with Crippen LogP contribution in [-0.2, 0) is 12.8 Å². The number of rotatable bonds is 4. The third kappa shape index (κ3) is 3.10. The summed E-state index contributed by atoms with van der Waals surface area (Å²) < 4.78 is 13.0. The van der Waals surface area contributed by atoms with E-state index in [0.29, 0.717) is 5.02 Å². The predicted octanol–water partition coefficient (Wildman–Crippen LogP) is 4.35. The molecule has 0 radical (unpaired) electrons. The van der Waals surface area contributed by atoms with Crippen molar-refractivity contribution in [3.63, 3.8) is 0 Å². The van der Waals surface area contributed by atoms with Crippen molar-refractivity contribution in [1.29, 1.82) is 0 Å². The molecule has 0 aliphatic rings. The highest BCUT2D eigenvalue weighted by atomic mass is 35.5. The smallest absolute Gasteiger partial charge is 0.124 e. The van der Waals surface area contributed by atoms with Gasteiger partial charge in [-0.05, 0) is 36.2 Å². The van der Waals surface area contributed by atoms with Crippen LogP contribution in [0.15, 0.2) is 30.3 Å². The lowest BCUT2D eigenvalue weighted by atomic mass is 10.0. The number of hydrogen-bond donors (Lipinski definition) is 1. The molecule has 0 aliphatic heterocycles. The van der Waals surface area contributed by atoms with E-state index in [9.17, 15) is 4.39 Å². The lowest BCUT2D eigenvalue weighted by molar-refractivity contribution is 0.624. The van der Waals surface area contributed by atoms with Gasteiger partial charge in [-0.3, -0.25) is 0 Å². The molecular weight excluding hydrogens is 269 g/mol. The number of benzene rings is 1. The maximum absolute atomic E-state index is 13.0. The van der Waals surface area contributed by atoms with Crippen molar-refractivity contribution >= 4 is 22.9 Å². The van der Waals surface area contributed by atoms with Gasteiger partial charge in [0.1, 0.15) is 5.82 Å². The summed E-state index contributed by atoms with van der Waals surface area (Å²) in [6.45, 7) is 2.13. The van der Waals surface area contributed by atoms with E-state index >= 15 is 0 Å². The minimum Gasteiger partial charge on any atom is -0.324 e. The zero-order valence-electron chi connectivity index (χ0n) is 10.1. The van der Waals surface area contributed by atoms with Gasteiger partial charge in [-0.15, -0.1) is 11.3 Å². The molecule has 0 spiro atoms. The third-order valence-electron chi connectivity index (χ3n) is 2.85. The minimum atomic E-state index is -0.333. The number of halogens is 2. The molecule has 0 saturated heterocycles. The van der Waals surface area contributed by atoms with Crippen LogP contribution in [0.3, 0.4) is 0 Å². The standard InChI is InChI=1S/C14H15ClFNS/c1-2-10-4-5-11(18-10)8-14(17)12-6-3-9(16)7-13(12)15/h3-7,14H,2,8,17H2,1H3. The molecule has 96 valence electrons. The zero-order chi connectivity index (χ0) is 13.1. The molecule has 2 aromatic rings. The molecule has 0 saturated carbocycles. The van der Waals surface area contributed by atoms with Gasteiger partial charge in [0, 0.05) is 27.2 Å². The van der Waals surface area contributed by atoms with E-state index in [0.717, 1.165) is 18.4 Å². The maximum Gasteiger partial charge on any atom is 0.124 e. The summed E-state index contributed by atoms with van der Waals surface area (Å²) in [4.78, 5) is 2.59. The van der Waals surface area contributed by atoms with Gasteiger partial charge in [-0.2, -0.15) is 0 Å². The molecule has 18 heavy (non-hydrogen) atoms. The van der Waals surface area contributed by atoms with E-state index in [1.807, 2.05) is 0 Å². The second-order valence-corrected chi connectivity index (χ2v) is 5.86. The molecule has 4 heteroatoms. The minimum absolute atomic E-state index is 0.193. The van der Waals surface area contributed by atoms with Crippen LogP contribution >= 0.6 is 22.9 Å². The van der Waals surface area contributed by atoms with Crippen molar-refractivity contribution in [2.75, 3.05) is 0 Å². The van der Waals surface area contributed by atoms with Gasteiger partial charge < -0.3 is 5.73 Å². The Hall–Kier alpha value is -0.900. The zero-order valence-corrected chi connectivity index (χ0v) is 11.7. The quantitative estimate of drug-likeness (QED) is 0.887. The van der Waals surface area contributed by atoms with Crippen LogP contribution in [0.4, 0.5) is 4.39 Å². The lowest BCUT2D eigenvalue weighted by Gasteiger charge is -2.12. The maximum atomic E-state index is 13.0. The van der Waals surface area contributed by atoms with E-state index < -0.39 is 0 Å². The van der Waals surface area contributed by atoms with Crippen molar-refractivity contribution in [3.8, 4) is 0 Å². The van der Waals surface area contributed by atoms with Crippen molar-refractivity contribution < 1.29 is 4.39 Å². The van der Waals surface area contributed by atoms with Gasteiger partial charge in [0.2, 0.25) is 0 Å². The normalized spacial score (nSPS) is 12.7. The van der Waals surface area contributed by atoms with E-state index in [2.05, 4.69) is 19.1 Å². The number of aryl methyl sites for hydroxylation is 1. The van der Waals surface area contributed by atoms with Crippen molar-refractivity contribution in [2.24, 2.45) is 5.73 Å². The fraction of sp³-hybridized carbons (Fsp3) is 0.286. The molecule has 1 heterocycles. The highest BCUT2D eigenvalue weighted by Crippen LogP contribution is 2.27. The van der Waals surface area contributed by atoms with Crippen LogP contribution in [0.1, 0.15) is 28.3 Å². The first-order chi connectivity index (χ1) is 8.60. The molecule has 0 bridgehead atoms. The monoisotopic (exact) mass is 283 g/mol. The topological polar surface area (TPSA) is 26.0 Å². The van der Waals surface area contributed by atoms with E-state index in [1.54, 1.807) is 17.4 Å². The summed E-state index contributed by atoms with van der Waals surface area (Å²) in [5, 5.41) is 0.398. The fourth-order valence-corrected chi connectivity index (χ4v) is 3.17. The second kappa shape index (κ2) is 5.83. The number of nitrogens with two attached hydrogens (primary N) is 1. The summed E-state index contributed by atoms with van der Waals surface area (Å²) >= 11 is 7.77. The van der Waals surface area contributed by atoms with Crippen molar-refractivity contribution in [2.45, 2.75) is 25.8 Å². The molecule has 1 nitrogen and oxygen atoms in total. The third-order valence-corrected chi connectivity index (χ3v) is 4.43. The van der Waals surface area contributed by atoms with Gasteiger partial charge in [-0.1, -0.05) is 24.6 Å². The van der Waals surface area contributed by atoms with Crippen LogP contribution in [-0.4, -0.2) is 0 Å². The van der Waals surface area contributed by atoms with E-state index in [-0.39, 0.29) is 11.9 Å². The molecule has 1 aromatic carbocycles. The summed E-state index contributed by atoms with van der Waals surface area (Å²) in [6, 6.07) is 8.40. The molecule has 1 unspecified atom stereocenters. The van der Waals surface area contributed by atoms with Gasteiger partial charge in [0.05, 0.1) is 0 Å². The highest BCUT2D eigenvalue weighted by Gasteiger charge is 2.12. The summed E-state index contributed by atoms with van der Waals surface area (Å²) in [5.74, 6) is -0.333. The van der Waals surface area contributed by atoms with Gasteiger partial charge in [-0.25, -0.2) is 4.39 Å². The average Bonchev–Trinajstić information content (AvgIpc) is 2.76. The molecule has 0 amide bonds. The Labute approximate surface area is 115 Å². The van der Waals surface area contributed by atoms with Crippen molar-refractivity contribution in [3.05, 3.63) is 56.5 Å². The fourth-order valence-electron chi connectivity index (χ4n) is 1.85. The Kier molecular flexibility index (Phi) is 4.38. The van der Waals surface area contributed by atoms with Gasteiger partial charge in [0.15, 0.2) is 0 Å². The molecular formula is C14H15ClFNS. The van der Waals surface area contributed by atoms with Crippen LogP contribution in [0, 0.1) is 5.82 Å². The molecule has 2 rings (SSSR count). The van der Waals surface area contributed by atoms with Crippen LogP contribution in [0.2, 0.25) is 5.02 Å². The summed E-state index contributed by atoms with van der Waals surface area (Å²) in [6.07, 6.45) is 1.77. The summed E-state index contributed by atoms with van der Waals surface area (Å²) in [5.41, 5.74) is 6.92. The molecule has 2 N–H and O–H groups in total. The van der Waals surface area contributed by atoms with Gasteiger partial charge in [0.25, 0.3) is 0 Å². The van der Waals surface area contributed by atoms with Crippen LogP contribution in [0.25, 0.3) is 0 Å². The Balaban J connectivity index is 2.13. The molecule has 1 atom stereocenters. The summed E-state index contributed by atoms with van der Waals surface area (Å²) in [7, 11) is 0. The predicted molar refractivity (Wildman–Crippen MR) is 75.7 cm³/mol. The average molecular weight is 284 g/mol. The molecule has 1 aromatic heterocycles. The largest absolute Gasteiger partial charge is 0.324 e.